The standard InChI is InChI=1S/C21H27N5O3S/c1-12(2)19(20-22-16-7-5-6-8-17(16)23-20)24-21(27)18-13(3)25-26(14(18)4)15-9-10-30(28,29)11-15/h5-8,12,15,19H,9-11H2,1-4H3,(H,22,23)(H,24,27)/t15-,19+/m1/s1. The number of aromatic nitrogens is 4. The minimum Gasteiger partial charge on any atom is -0.342 e. The molecule has 30 heavy (non-hydrogen) atoms. The van der Waals surface area contributed by atoms with E-state index in [1.54, 1.807) is 11.6 Å². The van der Waals surface area contributed by atoms with Gasteiger partial charge in [0, 0.05) is 5.69 Å². The van der Waals surface area contributed by atoms with E-state index in [9.17, 15) is 13.2 Å². The summed E-state index contributed by atoms with van der Waals surface area (Å²) in [5.41, 5.74) is 3.58. The molecule has 1 aliphatic heterocycles. The number of fused-ring (bicyclic) bond motifs is 1. The number of amides is 1. The molecule has 0 aliphatic carbocycles. The van der Waals surface area contributed by atoms with E-state index in [0.717, 1.165) is 11.0 Å². The van der Waals surface area contributed by atoms with Crippen molar-refractivity contribution in [2.75, 3.05) is 11.5 Å². The van der Waals surface area contributed by atoms with Crippen LogP contribution in [0.5, 0.6) is 0 Å². The Kier molecular flexibility index (Phi) is 5.17. The molecule has 0 unspecified atom stereocenters. The minimum absolute atomic E-state index is 0.0730. The molecule has 2 atom stereocenters. The molecule has 160 valence electrons. The van der Waals surface area contributed by atoms with Gasteiger partial charge in [0.15, 0.2) is 9.84 Å². The Bertz CT molecular complexity index is 1180. The highest BCUT2D eigenvalue weighted by Gasteiger charge is 2.33. The van der Waals surface area contributed by atoms with Gasteiger partial charge in [-0.2, -0.15) is 5.10 Å². The fourth-order valence-electron chi connectivity index (χ4n) is 4.20. The van der Waals surface area contributed by atoms with E-state index in [-0.39, 0.29) is 35.4 Å². The van der Waals surface area contributed by atoms with Crippen LogP contribution in [-0.2, 0) is 9.84 Å². The largest absolute Gasteiger partial charge is 0.342 e. The number of aryl methyl sites for hydroxylation is 1. The molecule has 2 aromatic heterocycles. The summed E-state index contributed by atoms with van der Waals surface area (Å²) in [4.78, 5) is 21.2. The first-order valence-corrected chi connectivity index (χ1v) is 12.0. The van der Waals surface area contributed by atoms with Crippen LogP contribution in [0.15, 0.2) is 24.3 Å². The molecule has 1 amide bonds. The number of benzene rings is 1. The van der Waals surface area contributed by atoms with Crippen LogP contribution in [0.2, 0.25) is 0 Å². The summed E-state index contributed by atoms with van der Waals surface area (Å²) in [5.74, 6) is 0.841. The summed E-state index contributed by atoms with van der Waals surface area (Å²) in [6, 6.07) is 7.25. The average Bonchev–Trinajstić information content (AvgIpc) is 3.34. The fraction of sp³-hybridized carbons (Fsp3) is 0.476. The second-order valence-electron chi connectivity index (χ2n) is 8.38. The Balaban J connectivity index is 1.62. The molecule has 1 aromatic carbocycles. The van der Waals surface area contributed by atoms with Crippen molar-refractivity contribution in [2.45, 2.75) is 46.2 Å². The molecule has 3 aromatic rings. The summed E-state index contributed by atoms with van der Waals surface area (Å²) < 4.78 is 25.5. The van der Waals surface area contributed by atoms with Crippen molar-refractivity contribution in [3.05, 3.63) is 47.0 Å². The van der Waals surface area contributed by atoms with Crippen LogP contribution >= 0.6 is 0 Å². The second-order valence-corrected chi connectivity index (χ2v) is 10.6. The van der Waals surface area contributed by atoms with Gasteiger partial charge in [0.25, 0.3) is 5.91 Å². The summed E-state index contributed by atoms with van der Waals surface area (Å²) in [6.07, 6.45) is 0.527. The van der Waals surface area contributed by atoms with Crippen molar-refractivity contribution >= 4 is 26.8 Å². The zero-order chi connectivity index (χ0) is 21.6. The number of carbonyl (C=O) groups excluding carboxylic acids is 1. The molecule has 1 fully saturated rings. The number of para-hydroxylation sites is 2. The Morgan fingerprint density at radius 2 is 2.00 bits per heavy atom. The molecule has 4 rings (SSSR count). The maximum absolute atomic E-state index is 13.2. The molecule has 2 N–H and O–H groups in total. The van der Waals surface area contributed by atoms with E-state index in [1.165, 1.54) is 0 Å². The zero-order valence-electron chi connectivity index (χ0n) is 17.6. The van der Waals surface area contributed by atoms with Crippen LogP contribution in [-0.4, -0.2) is 45.6 Å². The van der Waals surface area contributed by atoms with Gasteiger partial charge < -0.3 is 10.3 Å². The van der Waals surface area contributed by atoms with Crippen LogP contribution in [0, 0.1) is 19.8 Å². The third kappa shape index (κ3) is 3.74. The first-order valence-electron chi connectivity index (χ1n) is 10.2. The number of nitrogens with zero attached hydrogens (tertiary/aromatic N) is 3. The molecule has 1 aliphatic rings. The first-order chi connectivity index (χ1) is 14.2. The Hall–Kier alpha value is -2.68. The average molecular weight is 430 g/mol. The Labute approximate surface area is 176 Å². The molecule has 0 radical (unpaired) electrons. The van der Waals surface area contributed by atoms with Crippen molar-refractivity contribution in [2.24, 2.45) is 5.92 Å². The lowest BCUT2D eigenvalue weighted by atomic mass is 10.0. The summed E-state index contributed by atoms with van der Waals surface area (Å²) in [6.45, 7) is 7.67. The molecule has 0 spiro atoms. The molecular formula is C21H27N5O3S. The molecule has 0 bridgehead atoms. The number of aromatic amines is 1. The predicted octanol–water partition coefficient (Wildman–Crippen LogP) is 2.86. The number of sulfone groups is 1. The maximum Gasteiger partial charge on any atom is 0.255 e. The van der Waals surface area contributed by atoms with Gasteiger partial charge in [0.05, 0.1) is 45.9 Å². The van der Waals surface area contributed by atoms with Gasteiger partial charge in [-0.25, -0.2) is 13.4 Å². The number of imidazole rings is 1. The van der Waals surface area contributed by atoms with Crippen LogP contribution in [0.1, 0.15) is 59.9 Å². The quantitative estimate of drug-likeness (QED) is 0.648. The van der Waals surface area contributed by atoms with Crippen LogP contribution < -0.4 is 5.32 Å². The van der Waals surface area contributed by atoms with E-state index in [2.05, 4.69) is 20.4 Å². The highest BCUT2D eigenvalue weighted by Crippen LogP contribution is 2.28. The molecule has 9 heteroatoms. The summed E-state index contributed by atoms with van der Waals surface area (Å²) >= 11 is 0. The van der Waals surface area contributed by atoms with E-state index >= 15 is 0 Å². The van der Waals surface area contributed by atoms with Crippen LogP contribution in [0.4, 0.5) is 0 Å². The number of hydrogen-bond donors (Lipinski definition) is 2. The predicted molar refractivity (Wildman–Crippen MR) is 115 cm³/mol. The molecule has 1 saturated heterocycles. The van der Waals surface area contributed by atoms with Gasteiger partial charge in [0.1, 0.15) is 5.82 Å². The first kappa shape index (κ1) is 20.6. The monoisotopic (exact) mass is 429 g/mol. The molecular weight excluding hydrogens is 402 g/mol. The third-order valence-electron chi connectivity index (χ3n) is 5.76. The topological polar surface area (TPSA) is 110 Å². The van der Waals surface area contributed by atoms with Gasteiger partial charge in [-0.15, -0.1) is 0 Å². The minimum atomic E-state index is -3.04. The smallest absolute Gasteiger partial charge is 0.255 e. The number of H-pyrrole nitrogens is 1. The van der Waals surface area contributed by atoms with Crippen LogP contribution in [0.3, 0.4) is 0 Å². The van der Waals surface area contributed by atoms with Crippen molar-refractivity contribution in [1.82, 2.24) is 25.1 Å². The lowest BCUT2D eigenvalue weighted by molar-refractivity contribution is 0.0922. The Morgan fingerprint density at radius 3 is 2.63 bits per heavy atom. The highest BCUT2D eigenvalue weighted by atomic mass is 32.2. The maximum atomic E-state index is 13.2. The third-order valence-corrected chi connectivity index (χ3v) is 7.51. The molecule has 0 saturated carbocycles. The van der Waals surface area contributed by atoms with Crippen molar-refractivity contribution < 1.29 is 13.2 Å². The van der Waals surface area contributed by atoms with E-state index in [0.29, 0.717) is 29.2 Å². The lowest BCUT2D eigenvalue weighted by Crippen LogP contribution is -2.33. The molecule has 8 nitrogen and oxygen atoms in total. The SMILES string of the molecule is Cc1nn([C@@H]2CCS(=O)(=O)C2)c(C)c1C(=O)N[C@H](c1nc2ccccc2[nH]1)C(C)C. The Morgan fingerprint density at radius 1 is 1.27 bits per heavy atom. The summed E-state index contributed by atoms with van der Waals surface area (Å²) in [7, 11) is -3.04. The number of nitrogens with one attached hydrogen (secondary N) is 2. The second kappa shape index (κ2) is 7.54. The molecule has 3 heterocycles. The number of hydrogen-bond acceptors (Lipinski definition) is 5. The van der Waals surface area contributed by atoms with E-state index < -0.39 is 9.84 Å². The van der Waals surface area contributed by atoms with Gasteiger partial charge >= 0.3 is 0 Å². The van der Waals surface area contributed by atoms with Gasteiger partial charge in [-0.1, -0.05) is 26.0 Å². The normalized spacial score (nSPS) is 19.4. The highest BCUT2D eigenvalue weighted by molar-refractivity contribution is 7.91. The summed E-state index contributed by atoms with van der Waals surface area (Å²) in [5, 5.41) is 7.61. The van der Waals surface area contributed by atoms with Crippen molar-refractivity contribution in [3.8, 4) is 0 Å². The van der Waals surface area contributed by atoms with Crippen molar-refractivity contribution in [3.63, 3.8) is 0 Å². The van der Waals surface area contributed by atoms with E-state index in [4.69, 9.17) is 0 Å². The lowest BCUT2D eigenvalue weighted by Gasteiger charge is -2.20. The van der Waals surface area contributed by atoms with Crippen LogP contribution in [0.25, 0.3) is 11.0 Å². The number of carbonyl (C=O) groups is 1. The van der Waals surface area contributed by atoms with Gasteiger partial charge in [-0.05, 0) is 38.3 Å². The zero-order valence-corrected chi connectivity index (χ0v) is 18.5. The fourth-order valence-corrected chi connectivity index (χ4v) is 5.89. The van der Waals surface area contributed by atoms with Gasteiger partial charge in [-0.3, -0.25) is 9.48 Å². The van der Waals surface area contributed by atoms with Crippen molar-refractivity contribution in [1.29, 1.82) is 0 Å². The van der Waals surface area contributed by atoms with E-state index in [1.807, 2.05) is 45.0 Å². The number of rotatable bonds is 5. The van der Waals surface area contributed by atoms with Gasteiger partial charge in [0.2, 0.25) is 0 Å².